The summed E-state index contributed by atoms with van der Waals surface area (Å²) in [5.74, 6) is -6.70. The first-order valence-electron chi connectivity index (χ1n) is 5.08. The molecule has 0 spiro atoms. The topological polar surface area (TPSA) is 63.4 Å². The van der Waals surface area contributed by atoms with Crippen molar-refractivity contribution in [1.82, 2.24) is 4.31 Å². The maximum absolute atomic E-state index is 12.8. The van der Waals surface area contributed by atoms with Gasteiger partial charge in [-0.1, -0.05) is 13.8 Å². The van der Waals surface area contributed by atoms with E-state index in [0.717, 1.165) is 4.31 Å². The Kier molecular flexibility index (Phi) is 5.51. The summed E-state index contributed by atoms with van der Waals surface area (Å²) in [6.07, 6.45) is -5.87. The molecular formula is C8H15F5N2O2S. The van der Waals surface area contributed by atoms with E-state index in [9.17, 15) is 30.4 Å². The minimum absolute atomic E-state index is 0.0247. The smallest absolute Gasteiger partial charge is 0.321 e. The van der Waals surface area contributed by atoms with Crippen LogP contribution in [0.1, 0.15) is 13.8 Å². The molecule has 1 unspecified atom stereocenters. The molecule has 110 valence electrons. The van der Waals surface area contributed by atoms with E-state index >= 15 is 0 Å². The molecule has 0 rings (SSSR count). The number of nitrogens with two attached hydrogens (primary N) is 1. The predicted molar refractivity (Wildman–Crippen MR) is 55.7 cm³/mol. The fraction of sp³-hybridized carbons (Fsp3) is 1.00. The summed E-state index contributed by atoms with van der Waals surface area (Å²) in [7, 11) is -4.24. The molecule has 0 aliphatic rings. The third-order valence-corrected chi connectivity index (χ3v) is 4.42. The van der Waals surface area contributed by atoms with Crippen LogP contribution in [0.15, 0.2) is 0 Å². The molecule has 0 amide bonds. The summed E-state index contributed by atoms with van der Waals surface area (Å²) < 4.78 is 85.4. The molecule has 0 aliphatic carbocycles. The molecule has 0 heterocycles. The molecule has 0 aromatic rings. The zero-order chi connectivity index (χ0) is 14.8. The van der Waals surface area contributed by atoms with Gasteiger partial charge in [0.2, 0.25) is 10.0 Å². The molecule has 0 aliphatic heterocycles. The second-order valence-corrected chi connectivity index (χ2v) is 5.60. The molecule has 10 heteroatoms. The fourth-order valence-corrected chi connectivity index (χ4v) is 2.92. The van der Waals surface area contributed by atoms with Crippen molar-refractivity contribution in [2.75, 3.05) is 18.8 Å². The summed E-state index contributed by atoms with van der Waals surface area (Å²) in [6.45, 7) is 2.83. The van der Waals surface area contributed by atoms with E-state index in [2.05, 4.69) is 0 Å². The highest BCUT2D eigenvalue weighted by Gasteiger charge is 2.62. The van der Waals surface area contributed by atoms with Crippen LogP contribution < -0.4 is 5.73 Å². The van der Waals surface area contributed by atoms with Crippen LogP contribution in [0.2, 0.25) is 0 Å². The van der Waals surface area contributed by atoms with Gasteiger partial charge in [0.1, 0.15) is 0 Å². The van der Waals surface area contributed by atoms with Crippen LogP contribution in [-0.4, -0.2) is 49.7 Å². The third kappa shape index (κ3) is 3.75. The molecule has 2 N–H and O–H groups in total. The van der Waals surface area contributed by atoms with Crippen LogP contribution in [0.25, 0.3) is 0 Å². The zero-order valence-electron chi connectivity index (χ0n) is 9.84. The van der Waals surface area contributed by atoms with E-state index in [0.29, 0.717) is 0 Å². The number of nitrogens with zero attached hydrogens (tertiary/aromatic N) is 1. The van der Waals surface area contributed by atoms with Crippen molar-refractivity contribution in [2.24, 2.45) is 5.73 Å². The Morgan fingerprint density at radius 3 is 1.78 bits per heavy atom. The van der Waals surface area contributed by atoms with Crippen molar-refractivity contribution in [2.45, 2.75) is 32.0 Å². The Balaban J connectivity index is 5.03. The number of hydrogen-bond acceptors (Lipinski definition) is 3. The van der Waals surface area contributed by atoms with Gasteiger partial charge in [-0.15, -0.1) is 0 Å². The van der Waals surface area contributed by atoms with Gasteiger partial charge in [0.05, 0.1) is 11.8 Å². The highest BCUT2D eigenvalue weighted by molar-refractivity contribution is 7.89. The number of rotatable bonds is 6. The summed E-state index contributed by atoms with van der Waals surface area (Å²) in [5.41, 5.74) is 4.70. The molecule has 0 saturated heterocycles. The molecule has 0 radical (unpaired) electrons. The van der Waals surface area contributed by atoms with Gasteiger partial charge in [0, 0.05) is 13.1 Å². The molecular weight excluding hydrogens is 283 g/mol. The fourth-order valence-electron chi connectivity index (χ4n) is 1.26. The first-order chi connectivity index (χ1) is 7.90. The van der Waals surface area contributed by atoms with Crippen molar-refractivity contribution in [1.29, 1.82) is 0 Å². The normalized spacial score (nSPS) is 16.1. The highest BCUT2D eigenvalue weighted by Crippen LogP contribution is 2.37. The largest absolute Gasteiger partial charge is 0.454 e. The van der Waals surface area contributed by atoms with Gasteiger partial charge in [-0.05, 0) is 0 Å². The van der Waals surface area contributed by atoms with E-state index in [-0.39, 0.29) is 13.1 Å². The standard InChI is InChI=1S/C8H15F5N2O2S/c1-3-15(4-2)18(16,17)5-6(14)7(9,10)8(11,12)13/h6H,3-5,14H2,1-2H3. The Hall–Kier alpha value is -0.480. The summed E-state index contributed by atoms with van der Waals surface area (Å²) in [4.78, 5) is 0. The minimum Gasteiger partial charge on any atom is -0.321 e. The van der Waals surface area contributed by atoms with Gasteiger partial charge in [0.25, 0.3) is 0 Å². The monoisotopic (exact) mass is 298 g/mol. The molecule has 0 fully saturated rings. The van der Waals surface area contributed by atoms with Crippen LogP contribution in [0.4, 0.5) is 22.0 Å². The Bertz CT molecular complexity index is 364. The van der Waals surface area contributed by atoms with Crippen molar-refractivity contribution < 1.29 is 30.4 Å². The lowest BCUT2D eigenvalue weighted by Crippen LogP contribution is -2.56. The van der Waals surface area contributed by atoms with Gasteiger partial charge < -0.3 is 5.73 Å². The van der Waals surface area contributed by atoms with E-state index in [1.54, 1.807) is 0 Å². The first kappa shape index (κ1) is 17.5. The number of sulfonamides is 1. The van der Waals surface area contributed by atoms with Gasteiger partial charge in [-0.3, -0.25) is 0 Å². The second kappa shape index (κ2) is 5.66. The van der Waals surface area contributed by atoms with E-state index in [4.69, 9.17) is 5.73 Å². The van der Waals surface area contributed by atoms with Crippen LogP contribution in [0, 0.1) is 0 Å². The number of alkyl halides is 5. The lowest BCUT2D eigenvalue weighted by Gasteiger charge is -2.27. The summed E-state index contributed by atoms with van der Waals surface area (Å²) in [6, 6.07) is -2.83. The Labute approximate surface area is 102 Å². The van der Waals surface area contributed by atoms with E-state index < -0.39 is 33.9 Å². The number of halogens is 5. The van der Waals surface area contributed by atoms with Crippen LogP contribution in [0.3, 0.4) is 0 Å². The summed E-state index contributed by atoms with van der Waals surface area (Å²) >= 11 is 0. The highest BCUT2D eigenvalue weighted by atomic mass is 32.2. The van der Waals surface area contributed by atoms with E-state index in [1.807, 2.05) is 0 Å². The molecule has 0 bridgehead atoms. The average Bonchev–Trinajstić information content (AvgIpc) is 2.16. The maximum Gasteiger partial charge on any atom is 0.454 e. The summed E-state index contributed by atoms with van der Waals surface area (Å²) in [5, 5.41) is 0. The molecule has 0 saturated carbocycles. The Morgan fingerprint density at radius 1 is 1.11 bits per heavy atom. The lowest BCUT2D eigenvalue weighted by molar-refractivity contribution is -0.287. The molecule has 18 heavy (non-hydrogen) atoms. The SMILES string of the molecule is CCN(CC)S(=O)(=O)CC(N)C(F)(F)C(F)(F)F. The number of hydrogen-bond donors (Lipinski definition) is 1. The van der Waals surface area contributed by atoms with Crippen molar-refractivity contribution in [3.8, 4) is 0 Å². The van der Waals surface area contributed by atoms with Gasteiger partial charge >= 0.3 is 12.1 Å². The molecule has 4 nitrogen and oxygen atoms in total. The third-order valence-electron chi connectivity index (χ3n) is 2.33. The molecule has 0 aromatic carbocycles. The van der Waals surface area contributed by atoms with E-state index in [1.165, 1.54) is 13.8 Å². The van der Waals surface area contributed by atoms with Gasteiger partial charge in [-0.25, -0.2) is 12.7 Å². The van der Waals surface area contributed by atoms with Crippen LogP contribution in [0.5, 0.6) is 0 Å². The van der Waals surface area contributed by atoms with Gasteiger partial charge in [-0.2, -0.15) is 22.0 Å². The zero-order valence-corrected chi connectivity index (χ0v) is 10.7. The maximum atomic E-state index is 12.8. The van der Waals surface area contributed by atoms with Crippen molar-refractivity contribution >= 4 is 10.0 Å². The lowest BCUT2D eigenvalue weighted by atomic mass is 10.2. The van der Waals surface area contributed by atoms with Crippen LogP contribution in [-0.2, 0) is 10.0 Å². The van der Waals surface area contributed by atoms with Crippen LogP contribution >= 0.6 is 0 Å². The minimum atomic E-state index is -5.87. The molecule has 0 aromatic heterocycles. The van der Waals surface area contributed by atoms with Crippen molar-refractivity contribution in [3.05, 3.63) is 0 Å². The molecule has 1 atom stereocenters. The average molecular weight is 298 g/mol. The Morgan fingerprint density at radius 2 is 1.50 bits per heavy atom. The quantitative estimate of drug-likeness (QED) is 0.749. The second-order valence-electron chi connectivity index (χ2n) is 3.59. The predicted octanol–water partition coefficient (Wildman–Crippen LogP) is 1.18. The van der Waals surface area contributed by atoms with Gasteiger partial charge in [0.15, 0.2) is 0 Å². The van der Waals surface area contributed by atoms with Crippen molar-refractivity contribution in [3.63, 3.8) is 0 Å². The first-order valence-corrected chi connectivity index (χ1v) is 6.69.